The van der Waals surface area contributed by atoms with Gasteiger partial charge < -0.3 is 9.47 Å². The van der Waals surface area contributed by atoms with Crippen LogP contribution in [0, 0.1) is 6.92 Å². The molecule has 0 aliphatic heterocycles. The molecule has 278 valence electrons. The molecule has 4 heteroatoms. The molecule has 1 aromatic heterocycles. The SMILES string of the molecule is Cc1ccc(N(C2=CC=C(SI)CC2)c2cc3c(c4ccccc24)-c2ccc(-n4c5c(c6ccccc64)C=CCC5)cc2C32c3ccccc3-c3ccccc32)cc1. The molecule has 12 rings (SSSR count). The van der Waals surface area contributed by atoms with Gasteiger partial charge in [0.25, 0.3) is 0 Å². The first-order valence-electron chi connectivity index (χ1n) is 20.4. The van der Waals surface area contributed by atoms with Gasteiger partial charge in [0, 0.05) is 60.3 Å². The number of aryl methyl sites for hydroxylation is 1. The molecule has 0 radical (unpaired) electrons. The van der Waals surface area contributed by atoms with E-state index in [1.807, 2.05) is 8.93 Å². The van der Waals surface area contributed by atoms with Gasteiger partial charge in [-0.25, -0.2) is 0 Å². The summed E-state index contributed by atoms with van der Waals surface area (Å²) < 4.78 is 2.56. The monoisotopic (exact) mass is 874 g/mol. The van der Waals surface area contributed by atoms with E-state index in [-0.39, 0.29) is 0 Å². The van der Waals surface area contributed by atoms with E-state index >= 15 is 0 Å². The normalized spacial score (nSPS) is 15.5. The van der Waals surface area contributed by atoms with E-state index in [0.717, 1.165) is 25.7 Å². The number of rotatable bonds is 5. The van der Waals surface area contributed by atoms with Crippen molar-refractivity contribution in [2.75, 3.05) is 4.90 Å². The molecule has 2 nitrogen and oxygen atoms in total. The van der Waals surface area contributed by atoms with Gasteiger partial charge in [-0.05, 0) is 130 Å². The number of fused-ring (bicyclic) bond motifs is 15. The van der Waals surface area contributed by atoms with Crippen LogP contribution in [0.5, 0.6) is 0 Å². The van der Waals surface area contributed by atoms with Crippen molar-refractivity contribution in [2.45, 2.75) is 38.0 Å². The molecule has 7 aromatic carbocycles. The van der Waals surface area contributed by atoms with Crippen molar-refractivity contribution in [3.63, 3.8) is 0 Å². The summed E-state index contributed by atoms with van der Waals surface area (Å²) in [4.78, 5) is 3.98. The van der Waals surface area contributed by atoms with E-state index in [1.54, 1.807) is 0 Å². The van der Waals surface area contributed by atoms with E-state index in [1.165, 1.54) is 111 Å². The van der Waals surface area contributed by atoms with Crippen LogP contribution >= 0.6 is 30.1 Å². The maximum atomic E-state index is 2.58. The highest BCUT2D eigenvalue weighted by atomic mass is 127. The highest BCUT2D eigenvalue weighted by Crippen LogP contribution is 2.65. The first kappa shape index (κ1) is 34.5. The summed E-state index contributed by atoms with van der Waals surface area (Å²) in [7, 11) is 1.84. The van der Waals surface area contributed by atoms with Crippen LogP contribution in [0.1, 0.15) is 58.3 Å². The summed E-state index contributed by atoms with van der Waals surface area (Å²) in [6, 6.07) is 55.6. The smallest absolute Gasteiger partial charge is 0.0727 e. The highest BCUT2D eigenvalue weighted by Gasteiger charge is 2.52. The predicted molar refractivity (Wildman–Crippen MR) is 255 cm³/mol. The van der Waals surface area contributed by atoms with Crippen LogP contribution in [0.25, 0.3) is 55.7 Å². The minimum Gasteiger partial charge on any atom is -0.314 e. The Hall–Kier alpha value is -5.56. The summed E-state index contributed by atoms with van der Waals surface area (Å²) >= 11 is 2.43. The molecule has 0 saturated heterocycles. The van der Waals surface area contributed by atoms with E-state index in [4.69, 9.17) is 0 Å². The fraction of sp³-hybridized carbons (Fsp3) is 0.111. The second-order valence-corrected chi connectivity index (χ2v) is 18.1. The number of allylic oxidation sites excluding steroid dienone is 5. The molecule has 8 aromatic rings. The molecule has 1 spiro atoms. The topological polar surface area (TPSA) is 8.17 Å². The molecule has 0 fully saturated rings. The minimum absolute atomic E-state index is 0.514. The van der Waals surface area contributed by atoms with Crippen LogP contribution in [0.2, 0.25) is 0 Å². The third-order valence-electron chi connectivity index (χ3n) is 13.2. The van der Waals surface area contributed by atoms with E-state index in [2.05, 4.69) is 207 Å². The zero-order valence-corrected chi connectivity index (χ0v) is 35.1. The fourth-order valence-electron chi connectivity index (χ4n) is 10.8. The third kappa shape index (κ3) is 4.79. The van der Waals surface area contributed by atoms with Crippen molar-refractivity contribution < 1.29 is 0 Å². The average Bonchev–Trinajstić information content (AvgIpc) is 3.89. The Labute approximate surface area is 355 Å². The van der Waals surface area contributed by atoms with Crippen molar-refractivity contribution in [1.82, 2.24) is 4.57 Å². The number of hydrogen-bond acceptors (Lipinski definition) is 2. The van der Waals surface area contributed by atoms with Gasteiger partial charge in [0.05, 0.1) is 16.6 Å². The number of halogens is 1. The second kappa shape index (κ2) is 13.2. The van der Waals surface area contributed by atoms with Crippen LogP contribution < -0.4 is 4.90 Å². The predicted octanol–water partition coefficient (Wildman–Crippen LogP) is 15.2. The Bertz CT molecular complexity index is 3080. The molecule has 58 heavy (non-hydrogen) atoms. The standard InChI is InChI=1S/C54H39IN2S/c1-34-22-24-35(25-23-34)56(36-26-29-38(58-55)30-27-36)52-33-49-53(44-17-3-2-16-43(44)52)45-31-28-37(57-50-20-10-6-14-41(50)42-15-7-11-21-51(42)57)32-48(45)54(49)46-18-8-4-12-39(46)40-13-5-9-19-47(40)54/h2-10,12-20,22-26,28-29,31-33H,11,21,27,30H2,1H3. The maximum Gasteiger partial charge on any atom is 0.0727 e. The Kier molecular flexibility index (Phi) is 7.87. The molecule has 0 N–H and O–H groups in total. The molecular weight excluding hydrogens is 836 g/mol. The van der Waals surface area contributed by atoms with Gasteiger partial charge in [-0.3, -0.25) is 0 Å². The summed E-state index contributed by atoms with van der Waals surface area (Å²) in [6.07, 6.45) is 13.5. The molecule has 0 unspecified atom stereocenters. The van der Waals surface area contributed by atoms with Crippen molar-refractivity contribution >= 4 is 69.3 Å². The van der Waals surface area contributed by atoms with Crippen molar-refractivity contribution in [3.8, 4) is 27.9 Å². The van der Waals surface area contributed by atoms with Gasteiger partial charge >= 0.3 is 0 Å². The van der Waals surface area contributed by atoms with Crippen LogP contribution in [0.4, 0.5) is 11.4 Å². The number of benzene rings is 7. The van der Waals surface area contributed by atoms with Gasteiger partial charge in [-0.1, -0.05) is 142 Å². The lowest BCUT2D eigenvalue weighted by atomic mass is 9.70. The summed E-state index contributed by atoms with van der Waals surface area (Å²) in [5, 5.41) is 3.89. The lowest BCUT2D eigenvalue weighted by Gasteiger charge is -2.34. The molecule has 0 saturated carbocycles. The Balaban J connectivity index is 1.20. The number of anilines is 2. The lowest BCUT2D eigenvalue weighted by molar-refractivity contribution is 0.791. The van der Waals surface area contributed by atoms with E-state index in [0.29, 0.717) is 0 Å². The van der Waals surface area contributed by atoms with Crippen molar-refractivity contribution in [2.24, 2.45) is 0 Å². The zero-order valence-electron chi connectivity index (χ0n) is 32.2. The lowest BCUT2D eigenvalue weighted by Crippen LogP contribution is -2.27. The van der Waals surface area contributed by atoms with E-state index in [9.17, 15) is 0 Å². The highest BCUT2D eigenvalue weighted by molar-refractivity contribution is 14.2. The fourth-order valence-corrected chi connectivity index (χ4v) is 12.2. The number of nitrogens with zero attached hydrogens (tertiary/aromatic N) is 2. The Morgan fingerprint density at radius 2 is 1.33 bits per heavy atom. The van der Waals surface area contributed by atoms with Crippen LogP contribution in [0.3, 0.4) is 0 Å². The van der Waals surface area contributed by atoms with Crippen molar-refractivity contribution in [3.05, 3.63) is 213 Å². The third-order valence-corrected chi connectivity index (χ3v) is 15.4. The average molecular weight is 875 g/mol. The van der Waals surface area contributed by atoms with Crippen LogP contribution in [-0.4, -0.2) is 4.57 Å². The quantitative estimate of drug-likeness (QED) is 0.159. The van der Waals surface area contributed by atoms with Crippen LogP contribution in [-0.2, 0) is 11.8 Å². The van der Waals surface area contributed by atoms with Gasteiger partial charge in [0.2, 0.25) is 0 Å². The largest absolute Gasteiger partial charge is 0.314 e. The Morgan fingerprint density at radius 3 is 2.07 bits per heavy atom. The molecule has 0 atom stereocenters. The van der Waals surface area contributed by atoms with Gasteiger partial charge in [-0.2, -0.15) is 0 Å². The maximum absolute atomic E-state index is 2.58. The molecule has 1 heterocycles. The van der Waals surface area contributed by atoms with Gasteiger partial charge in [0.1, 0.15) is 0 Å². The zero-order chi connectivity index (χ0) is 38.5. The first-order valence-corrected chi connectivity index (χ1v) is 23.8. The van der Waals surface area contributed by atoms with Crippen molar-refractivity contribution in [1.29, 1.82) is 0 Å². The second-order valence-electron chi connectivity index (χ2n) is 16.1. The number of para-hydroxylation sites is 1. The molecule has 4 aliphatic carbocycles. The molecule has 0 amide bonds. The number of hydrogen-bond donors (Lipinski definition) is 0. The Morgan fingerprint density at radius 1 is 0.621 bits per heavy atom. The van der Waals surface area contributed by atoms with Gasteiger partial charge in [-0.15, -0.1) is 0 Å². The summed E-state index contributed by atoms with van der Waals surface area (Å²) in [5.74, 6) is 0. The minimum atomic E-state index is -0.514. The molecule has 4 aliphatic rings. The summed E-state index contributed by atoms with van der Waals surface area (Å²) in [5.41, 5.74) is 20.5. The van der Waals surface area contributed by atoms with Gasteiger partial charge in [0.15, 0.2) is 0 Å². The first-order chi connectivity index (χ1) is 28.6. The summed E-state index contributed by atoms with van der Waals surface area (Å²) in [6.45, 7) is 2.18. The van der Waals surface area contributed by atoms with E-state index < -0.39 is 5.41 Å². The van der Waals surface area contributed by atoms with Crippen LogP contribution in [0.15, 0.2) is 174 Å². The molecule has 0 bridgehead atoms. The molecular formula is C54H39IN2S. The number of aromatic nitrogens is 1.